The highest BCUT2D eigenvalue weighted by molar-refractivity contribution is 7.13. The van der Waals surface area contributed by atoms with Crippen LogP contribution in [0.4, 0.5) is 9.93 Å². The van der Waals surface area contributed by atoms with E-state index in [1.807, 2.05) is 24.3 Å². The van der Waals surface area contributed by atoms with Crippen LogP contribution in [0.1, 0.15) is 35.6 Å². The van der Waals surface area contributed by atoms with Crippen molar-refractivity contribution in [3.8, 4) is 11.1 Å². The Labute approximate surface area is 206 Å². The molecule has 35 heavy (non-hydrogen) atoms. The van der Waals surface area contributed by atoms with Crippen LogP contribution < -0.4 is 5.32 Å². The number of carbonyl (C=O) groups is 3. The van der Waals surface area contributed by atoms with Gasteiger partial charge in [0.1, 0.15) is 6.61 Å². The van der Waals surface area contributed by atoms with Crippen LogP contribution in [0.15, 0.2) is 53.9 Å². The molecule has 3 aromatic rings. The largest absolute Gasteiger partial charge is 0.481 e. The van der Waals surface area contributed by atoms with Crippen LogP contribution in [0.5, 0.6) is 0 Å². The summed E-state index contributed by atoms with van der Waals surface area (Å²) in [5.74, 6) is -1.58. The predicted molar refractivity (Wildman–Crippen MR) is 131 cm³/mol. The number of nitrogens with one attached hydrogen (secondary N) is 1. The summed E-state index contributed by atoms with van der Waals surface area (Å²) < 4.78 is 5.55. The summed E-state index contributed by atoms with van der Waals surface area (Å²) in [6, 6.07) is 16.3. The van der Waals surface area contributed by atoms with Gasteiger partial charge in [0, 0.05) is 24.4 Å². The van der Waals surface area contributed by atoms with Crippen molar-refractivity contribution in [1.29, 1.82) is 0 Å². The first kappa shape index (κ1) is 23.0. The van der Waals surface area contributed by atoms with Crippen LogP contribution in [0.2, 0.25) is 0 Å². The van der Waals surface area contributed by atoms with Crippen LogP contribution >= 0.6 is 11.3 Å². The van der Waals surface area contributed by atoms with Gasteiger partial charge in [-0.1, -0.05) is 48.5 Å². The van der Waals surface area contributed by atoms with Crippen LogP contribution in [0.25, 0.3) is 11.1 Å². The van der Waals surface area contributed by atoms with Gasteiger partial charge in [-0.15, -0.1) is 11.3 Å². The number of carboxylic acid groups (broad SMARTS) is 1. The Morgan fingerprint density at radius 1 is 1.09 bits per heavy atom. The second-order valence-corrected chi connectivity index (χ2v) is 9.65. The van der Waals surface area contributed by atoms with Gasteiger partial charge in [-0.05, 0) is 35.1 Å². The maximum absolute atomic E-state index is 12.6. The van der Waals surface area contributed by atoms with Crippen LogP contribution in [0.3, 0.4) is 0 Å². The third kappa shape index (κ3) is 4.90. The second-order valence-electron chi connectivity index (χ2n) is 8.79. The van der Waals surface area contributed by atoms with Gasteiger partial charge in [-0.25, -0.2) is 9.78 Å². The molecular formula is C26H25N3O5S. The van der Waals surface area contributed by atoms with Gasteiger partial charge in [0.05, 0.1) is 18.0 Å². The average molecular weight is 492 g/mol. The topological polar surface area (TPSA) is 109 Å². The minimum atomic E-state index is -0.870. The lowest BCUT2D eigenvalue weighted by Crippen LogP contribution is -2.43. The Morgan fingerprint density at radius 3 is 2.46 bits per heavy atom. The Kier molecular flexibility index (Phi) is 6.50. The second kappa shape index (κ2) is 9.87. The number of nitrogens with zero attached hydrogens (tertiary/aromatic N) is 2. The maximum Gasteiger partial charge on any atom is 0.413 e. The first-order valence-corrected chi connectivity index (χ1v) is 12.4. The van der Waals surface area contributed by atoms with Gasteiger partial charge >= 0.3 is 12.1 Å². The minimum absolute atomic E-state index is 0.0307. The molecule has 1 aromatic heterocycles. The fourth-order valence-electron chi connectivity index (χ4n) is 4.84. The number of aliphatic carboxylic acids is 1. The van der Waals surface area contributed by atoms with E-state index < -0.39 is 18.0 Å². The number of amides is 2. The number of likely N-dealkylation sites (tertiary alicyclic amines) is 1. The zero-order valence-corrected chi connectivity index (χ0v) is 19.8. The molecule has 9 heteroatoms. The molecule has 2 aliphatic rings. The van der Waals surface area contributed by atoms with Crippen molar-refractivity contribution in [2.24, 2.45) is 5.92 Å². The monoisotopic (exact) mass is 491 g/mol. The van der Waals surface area contributed by atoms with Crippen molar-refractivity contribution in [1.82, 2.24) is 9.88 Å². The van der Waals surface area contributed by atoms with Gasteiger partial charge in [0.15, 0.2) is 5.13 Å². The third-order valence-electron chi connectivity index (χ3n) is 6.56. The Hall–Kier alpha value is -3.72. The standard InChI is InChI=1S/C26H25N3O5S/c30-23(29-11-5-6-16(13-29)24(31)32)12-17-15-35-25(27-17)28-26(33)34-14-22-20-9-3-1-7-18(20)19-8-2-4-10-21(19)22/h1-4,7-10,15-16,22H,5-6,11-14H2,(H,31,32)(H,27,28,33)/t16-/m0/s1. The van der Waals surface area contributed by atoms with E-state index in [0.717, 1.165) is 22.3 Å². The quantitative estimate of drug-likeness (QED) is 0.530. The van der Waals surface area contributed by atoms with Crippen molar-refractivity contribution < 1.29 is 24.2 Å². The van der Waals surface area contributed by atoms with E-state index in [4.69, 9.17) is 4.74 Å². The van der Waals surface area contributed by atoms with E-state index in [9.17, 15) is 19.5 Å². The highest BCUT2D eigenvalue weighted by Gasteiger charge is 2.30. The number of benzene rings is 2. The number of anilines is 1. The molecule has 1 saturated heterocycles. The Bertz CT molecular complexity index is 1230. The predicted octanol–water partition coefficient (Wildman–Crippen LogP) is 4.37. The van der Waals surface area contributed by atoms with Crippen LogP contribution in [-0.4, -0.2) is 52.7 Å². The van der Waals surface area contributed by atoms with Crippen LogP contribution in [-0.2, 0) is 20.7 Å². The summed E-state index contributed by atoms with van der Waals surface area (Å²) in [4.78, 5) is 42.2. The van der Waals surface area contributed by atoms with E-state index in [0.29, 0.717) is 30.2 Å². The first-order valence-electron chi connectivity index (χ1n) is 11.6. The number of hydrogen-bond donors (Lipinski definition) is 2. The molecule has 5 rings (SSSR count). The highest BCUT2D eigenvalue weighted by atomic mass is 32.1. The zero-order valence-electron chi connectivity index (χ0n) is 19.0. The normalized spacial score (nSPS) is 16.9. The molecule has 2 heterocycles. The molecule has 2 aromatic carbocycles. The minimum Gasteiger partial charge on any atom is -0.481 e. The van der Waals surface area contributed by atoms with E-state index in [2.05, 4.69) is 34.6 Å². The molecule has 0 unspecified atom stereocenters. The number of carboxylic acids is 1. The number of hydrogen-bond acceptors (Lipinski definition) is 6. The van der Waals surface area contributed by atoms with E-state index in [1.54, 1.807) is 10.3 Å². The molecule has 1 aliphatic carbocycles. The lowest BCUT2D eigenvalue weighted by molar-refractivity contribution is -0.145. The lowest BCUT2D eigenvalue weighted by atomic mass is 9.98. The van der Waals surface area contributed by atoms with E-state index in [1.165, 1.54) is 11.3 Å². The van der Waals surface area contributed by atoms with Crippen molar-refractivity contribution in [3.05, 3.63) is 70.7 Å². The molecule has 0 saturated carbocycles. The van der Waals surface area contributed by atoms with Gasteiger partial charge in [-0.3, -0.25) is 14.9 Å². The fourth-order valence-corrected chi connectivity index (χ4v) is 5.54. The molecule has 8 nitrogen and oxygen atoms in total. The van der Waals surface area contributed by atoms with Crippen molar-refractivity contribution >= 4 is 34.4 Å². The smallest absolute Gasteiger partial charge is 0.413 e. The summed E-state index contributed by atoms with van der Waals surface area (Å²) in [6.45, 7) is 0.983. The number of aromatic nitrogens is 1. The molecular weight excluding hydrogens is 466 g/mol. The molecule has 0 radical (unpaired) electrons. The maximum atomic E-state index is 12.6. The molecule has 1 fully saturated rings. The molecule has 0 spiro atoms. The number of thiazole rings is 1. The van der Waals surface area contributed by atoms with Gasteiger partial charge < -0.3 is 14.7 Å². The Balaban J connectivity index is 1.16. The zero-order chi connectivity index (χ0) is 24.4. The van der Waals surface area contributed by atoms with Crippen molar-refractivity contribution in [3.63, 3.8) is 0 Å². The SMILES string of the molecule is O=C(Nc1nc(CC(=O)N2CCC[C@H](C(=O)O)C2)cs1)OCC1c2ccccc2-c2ccccc21. The average Bonchev–Trinajstić information content (AvgIpc) is 3.44. The molecule has 1 aliphatic heterocycles. The molecule has 0 bridgehead atoms. The fraction of sp³-hybridized carbons (Fsp3) is 0.308. The third-order valence-corrected chi connectivity index (χ3v) is 7.37. The number of fused-ring (bicyclic) bond motifs is 3. The number of carbonyl (C=O) groups excluding carboxylic acids is 2. The van der Waals surface area contributed by atoms with Gasteiger partial charge in [0.2, 0.25) is 5.91 Å². The van der Waals surface area contributed by atoms with E-state index in [-0.39, 0.29) is 31.4 Å². The van der Waals surface area contributed by atoms with Crippen molar-refractivity contribution in [2.45, 2.75) is 25.2 Å². The van der Waals surface area contributed by atoms with E-state index >= 15 is 0 Å². The summed E-state index contributed by atoms with van der Waals surface area (Å²) >= 11 is 1.22. The summed E-state index contributed by atoms with van der Waals surface area (Å²) in [5, 5.41) is 13.9. The Morgan fingerprint density at radius 2 is 1.77 bits per heavy atom. The number of piperidine rings is 1. The molecule has 1 atom stereocenters. The lowest BCUT2D eigenvalue weighted by Gasteiger charge is -2.30. The summed E-state index contributed by atoms with van der Waals surface area (Å²) in [5.41, 5.74) is 5.13. The van der Waals surface area contributed by atoms with Crippen LogP contribution in [0, 0.1) is 5.92 Å². The summed E-state index contributed by atoms with van der Waals surface area (Å²) in [7, 11) is 0. The first-order chi connectivity index (χ1) is 17.0. The van der Waals surface area contributed by atoms with Crippen molar-refractivity contribution in [2.75, 3.05) is 25.0 Å². The number of rotatable bonds is 6. The van der Waals surface area contributed by atoms with Gasteiger partial charge in [-0.2, -0.15) is 0 Å². The van der Waals surface area contributed by atoms with Gasteiger partial charge in [0.25, 0.3) is 0 Å². The molecule has 2 N–H and O–H groups in total. The molecule has 180 valence electrons. The number of ether oxygens (including phenoxy) is 1. The molecule has 2 amide bonds. The highest BCUT2D eigenvalue weighted by Crippen LogP contribution is 2.44. The summed E-state index contributed by atoms with van der Waals surface area (Å²) in [6.07, 6.45) is 0.729.